The molecule has 1 aliphatic carbocycles. The second-order valence-electron chi connectivity index (χ2n) is 6.54. The van der Waals surface area contributed by atoms with E-state index < -0.39 is 0 Å². The average Bonchev–Trinajstić information content (AvgIpc) is 2.58. The molecule has 0 aliphatic heterocycles. The Kier molecular flexibility index (Phi) is 5.14. The van der Waals surface area contributed by atoms with Gasteiger partial charge in [0.25, 0.3) is 0 Å². The molecule has 3 rings (SSSR count). The molecule has 126 valence electrons. The Bertz CT molecular complexity index is 833. The molecule has 0 fully saturated rings. The minimum atomic E-state index is -0.0167. The number of fused-ring (bicyclic) bond motifs is 1. The summed E-state index contributed by atoms with van der Waals surface area (Å²) >= 11 is 0. The van der Waals surface area contributed by atoms with Crippen LogP contribution in [0.4, 0.5) is 0 Å². The second kappa shape index (κ2) is 7.47. The molecule has 0 atom stereocenters. The van der Waals surface area contributed by atoms with Gasteiger partial charge >= 0.3 is 0 Å². The highest BCUT2D eigenvalue weighted by Crippen LogP contribution is 2.19. The first-order chi connectivity index (χ1) is 11.6. The van der Waals surface area contributed by atoms with E-state index in [-0.39, 0.29) is 17.9 Å². The number of carbonyl (C=O) groups is 1. The third-order valence-electron chi connectivity index (χ3n) is 4.60. The first-order valence-electron chi connectivity index (χ1n) is 8.68. The zero-order valence-electron chi connectivity index (χ0n) is 14.2. The number of aryl methyl sites for hydroxylation is 1. The number of carbonyl (C=O) groups excluding carboxylic acids is 1. The number of aromatic nitrogens is 1. The van der Waals surface area contributed by atoms with Gasteiger partial charge in [-0.3, -0.25) is 9.59 Å². The van der Waals surface area contributed by atoms with Crippen LogP contribution in [0.5, 0.6) is 0 Å². The van der Waals surface area contributed by atoms with Gasteiger partial charge < -0.3 is 9.88 Å². The summed E-state index contributed by atoms with van der Waals surface area (Å²) in [5, 5.41) is 3.65. The van der Waals surface area contributed by atoms with E-state index in [1.165, 1.54) is 37.3 Å². The van der Waals surface area contributed by atoms with Crippen LogP contribution in [0, 0.1) is 6.92 Å². The van der Waals surface area contributed by atoms with E-state index in [4.69, 9.17) is 0 Å². The Labute approximate surface area is 142 Å². The molecule has 1 N–H and O–H groups in total. The van der Waals surface area contributed by atoms with Gasteiger partial charge in [-0.1, -0.05) is 23.3 Å². The lowest BCUT2D eigenvalue weighted by Gasteiger charge is -2.14. The number of hydrogen-bond acceptors (Lipinski definition) is 2. The van der Waals surface area contributed by atoms with Crippen molar-refractivity contribution in [3.05, 3.63) is 57.9 Å². The van der Waals surface area contributed by atoms with E-state index in [0.717, 1.165) is 17.5 Å². The third kappa shape index (κ3) is 3.94. The van der Waals surface area contributed by atoms with E-state index in [2.05, 4.69) is 11.4 Å². The summed E-state index contributed by atoms with van der Waals surface area (Å²) in [6.07, 6.45) is 9.84. The SMILES string of the molecule is Cc1ccc2c(c1)c(=O)ccn2CC(=O)NCCC1=CCCCC1. The predicted octanol–water partition coefficient (Wildman–Crippen LogP) is 3.32. The van der Waals surface area contributed by atoms with Gasteiger partial charge in [0.15, 0.2) is 5.43 Å². The van der Waals surface area contributed by atoms with Crippen LogP contribution in [-0.4, -0.2) is 17.0 Å². The van der Waals surface area contributed by atoms with Gasteiger partial charge in [-0.05, 0) is 51.2 Å². The highest BCUT2D eigenvalue weighted by molar-refractivity contribution is 5.82. The molecule has 0 radical (unpaired) electrons. The van der Waals surface area contributed by atoms with Crippen molar-refractivity contribution in [1.82, 2.24) is 9.88 Å². The summed E-state index contributed by atoms with van der Waals surface area (Å²) in [7, 11) is 0. The molecule has 1 heterocycles. The molecule has 4 nitrogen and oxygen atoms in total. The minimum Gasteiger partial charge on any atom is -0.354 e. The molecule has 2 aromatic rings. The summed E-state index contributed by atoms with van der Waals surface area (Å²) in [6.45, 7) is 2.88. The van der Waals surface area contributed by atoms with Crippen molar-refractivity contribution < 1.29 is 4.79 Å². The topological polar surface area (TPSA) is 51.1 Å². The Balaban J connectivity index is 1.64. The normalized spacial score (nSPS) is 14.5. The third-order valence-corrected chi connectivity index (χ3v) is 4.60. The summed E-state index contributed by atoms with van der Waals surface area (Å²) in [5.41, 5.74) is 3.31. The maximum Gasteiger partial charge on any atom is 0.239 e. The van der Waals surface area contributed by atoms with Gasteiger partial charge in [-0.15, -0.1) is 0 Å². The van der Waals surface area contributed by atoms with Crippen molar-refractivity contribution in [3.63, 3.8) is 0 Å². The van der Waals surface area contributed by atoms with Gasteiger partial charge in [0.1, 0.15) is 6.54 Å². The zero-order valence-corrected chi connectivity index (χ0v) is 14.2. The number of nitrogens with one attached hydrogen (secondary N) is 1. The molecular formula is C20H24N2O2. The van der Waals surface area contributed by atoms with E-state index in [1.807, 2.05) is 29.7 Å². The maximum absolute atomic E-state index is 12.2. The van der Waals surface area contributed by atoms with E-state index in [9.17, 15) is 9.59 Å². The number of allylic oxidation sites excluding steroid dienone is 1. The van der Waals surface area contributed by atoms with Crippen molar-refractivity contribution >= 4 is 16.8 Å². The van der Waals surface area contributed by atoms with Crippen LogP contribution >= 0.6 is 0 Å². The van der Waals surface area contributed by atoms with Crippen LogP contribution in [0.25, 0.3) is 10.9 Å². The fourth-order valence-electron chi connectivity index (χ4n) is 3.27. The lowest BCUT2D eigenvalue weighted by molar-refractivity contribution is -0.121. The van der Waals surface area contributed by atoms with E-state index in [1.54, 1.807) is 6.20 Å². The second-order valence-corrected chi connectivity index (χ2v) is 6.54. The van der Waals surface area contributed by atoms with Crippen molar-refractivity contribution in [3.8, 4) is 0 Å². The molecule has 0 saturated heterocycles. The quantitative estimate of drug-likeness (QED) is 0.858. The largest absolute Gasteiger partial charge is 0.354 e. The lowest BCUT2D eigenvalue weighted by atomic mass is 9.97. The molecule has 1 aliphatic rings. The molecule has 4 heteroatoms. The van der Waals surface area contributed by atoms with Crippen LogP contribution in [0.15, 0.2) is 46.9 Å². The van der Waals surface area contributed by atoms with E-state index in [0.29, 0.717) is 11.9 Å². The van der Waals surface area contributed by atoms with Crippen molar-refractivity contribution in [1.29, 1.82) is 0 Å². The smallest absolute Gasteiger partial charge is 0.239 e. The molecule has 1 aromatic heterocycles. The first-order valence-corrected chi connectivity index (χ1v) is 8.68. The highest BCUT2D eigenvalue weighted by Gasteiger charge is 2.08. The van der Waals surface area contributed by atoms with Crippen molar-refractivity contribution in [2.45, 2.75) is 45.6 Å². The Morgan fingerprint density at radius 3 is 2.92 bits per heavy atom. The number of benzene rings is 1. The number of amides is 1. The molecule has 0 saturated carbocycles. The predicted molar refractivity (Wildman–Crippen MR) is 97.1 cm³/mol. The molecule has 24 heavy (non-hydrogen) atoms. The highest BCUT2D eigenvalue weighted by atomic mass is 16.2. The van der Waals surface area contributed by atoms with Crippen molar-refractivity contribution in [2.75, 3.05) is 6.54 Å². The summed E-state index contributed by atoms with van der Waals surface area (Å²) in [5.74, 6) is -0.0167. The maximum atomic E-state index is 12.2. The molecule has 1 amide bonds. The summed E-state index contributed by atoms with van der Waals surface area (Å²) in [4.78, 5) is 24.2. The molecule has 0 bridgehead atoms. The van der Waals surface area contributed by atoms with Gasteiger partial charge in [-0.2, -0.15) is 0 Å². The van der Waals surface area contributed by atoms with Gasteiger partial charge in [0.2, 0.25) is 5.91 Å². The fourth-order valence-corrected chi connectivity index (χ4v) is 3.27. The first kappa shape index (κ1) is 16.5. The molecule has 1 aromatic carbocycles. The number of hydrogen-bond donors (Lipinski definition) is 1. The van der Waals surface area contributed by atoms with E-state index >= 15 is 0 Å². The zero-order chi connectivity index (χ0) is 16.9. The molecule has 0 unspecified atom stereocenters. The number of pyridine rings is 1. The van der Waals surface area contributed by atoms with Gasteiger partial charge in [0.05, 0.1) is 5.52 Å². The van der Waals surface area contributed by atoms with Crippen molar-refractivity contribution in [2.24, 2.45) is 0 Å². The molecular weight excluding hydrogens is 300 g/mol. The van der Waals surface area contributed by atoms with Crippen LogP contribution in [0.1, 0.15) is 37.7 Å². The number of nitrogens with zero attached hydrogens (tertiary/aromatic N) is 1. The fraction of sp³-hybridized carbons (Fsp3) is 0.400. The van der Waals surface area contributed by atoms with Gasteiger partial charge in [-0.25, -0.2) is 0 Å². The standard InChI is InChI=1S/C20H24N2O2/c1-15-7-8-18-17(13-15)19(23)10-12-22(18)14-20(24)21-11-9-16-5-3-2-4-6-16/h5,7-8,10,12-13H,2-4,6,9,11,14H2,1H3,(H,21,24). The average molecular weight is 324 g/mol. The Morgan fingerprint density at radius 2 is 2.12 bits per heavy atom. The number of rotatable bonds is 5. The van der Waals surface area contributed by atoms with Crippen LogP contribution in [0.2, 0.25) is 0 Å². The minimum absolute atomic E-state index is 0.00501. The lowest BCUT2D eigenvalue weighted by Crippen LogP contribution is -2.29. The molecule has 0 spiro atoms. The monoisotopic (exact) mass is 324 g/mol. The van der Waals surface area contributed by atoms with Crippen LogP contribution < -0.4 is 10.7 Å². The Hall–Kier alpha value is -2.36. The van der Waals surface area contributed by atoms with Gasteiger partial charge in [0, 0.05) is 24.2 Å². The van der Waals surface area contributed by atoms with Crippen LogP contribution in [0.3, 0.4) is 0 Å². The summed E-state index contributed by atoms with van der Waals surface area (Å²) < 4.78 is 1.84. The Morgan fingerprint density at radius 1 is 1.25 bits per heavy atom. The summed E-state index contributed by atoms with van der Waals surface area (Å²) in [6, 6.07) is 7.28. The van der Waals surface area contributed by atoms with Crippen LogP contribution in [-0.2, 0) is 11.3 Å².